The number of carbonyl (C=O) groups excluding carboxylic acids is 2. The fourth-order valence-corrected chi connectivity index (χ4v) is 3.85. The molecule has 0 saturated carbocycles. The summed E-state index contributed by atoms with van der Waals surface area (Å²) in [6.07, 6.45) is 1.19. The van der Waals surface area contributed by atoms with E-state index >= 15 is 0 Å². The molecule has 3 aromatic carbocycles. The van der Waals surface area contributed by atoms with Crippen LogP contribution in [0.4, 0.5) is 0 Å². The molecular weight excluding hydrogens is 471 g/mol. The van der Waals surface area contributed by atoms with Gasteiger partial charge in [-0.1, -0.05) is 65.7 Å². The highest BCUT2D eigenvalue weighted by atomic mass is 35.5. The molecule has 5 nitrogen and oxygen atoms in total. The van der Waals surface area contributed by atoms with E-state index in [0.29, 0.717) is 41.8 Å². The van der Waals surface area contributed by atoms with Gasteiger partial charge >= 0.3 is 0 Å². The summed E-state index contributed by atoms with van der Waals surface area (Å²) in [5, 5.41) is 3.98. The van der Waals surface area contributed by atoms with Gasteiger partial charge < -0.3 is 15.0 Å². The molecule has 34 heavy (non-hydrogen) atoms. The van der Waals surface area contributed by atoms with E-state index in [2.05, 4.69) is 5.32 Å². The van der Waals surface area contributed by atoms with Gasteiger partial charge in [0.1, 0.15) is 11.8 Å². The molecule has 178 valence electrons. The third-order valence-electron chi connectivity index (χ3n) is 5.40. The van der Waals surface area contributed by atoms with Crippen molar-refractivity contribution >= 4 is 35.0 Å². The third kappa shape index (κ3) is 7.79. The van der Waals surface area contributed by atoms with Crippen LogP contribution in [0.5, 0.6) is 5.75 Å². The second-order valence-electron chi connectivity index (χ2n) is 7.87. The number of ether oxygens (including phenoxy) is 1. The Morgan fingerprint density at radius 2 is 1.50 bits per heavy atom. The van der Waals surface area contributed by atoms with Crippen molar-refractivity contribution in [2.24, 2.45) is 0 Å². The van der Waals surface area contributed by atoms with E-state index in [9.17, 15) is 9.59 Å². The summed E-state index contributed by atoms with van der Waals surface area (Å²) in [6.45, 7) is 0.685. The van der Waals surface area contributed by atoms with Gasteiger partial charge in [0.05, 0.1) is 6.61 Å². The standard InChI is InChI=1S/C27H28Cl2N2O3/c1-30-27(33)25(18-20-6-3-2-4-7-20)31(19-21-9-11-22(28)12-10-21)26(32)8-5-17-34-24-15-13-23(29)14-16-24/h2-4,6-7,9-16,25H,5,8,17-19H2,1H3,(H,30,33)/t25-/m0/s1. The lowest BCUT2D eigenvalue weighted by Gasteiger charge is -2.31. The van der Waals surface area contributed by atoms with E-state index < -0.39 is 6.04 Å². The highest BCUT2D eigenvalue weighted by molar-refractivity contribution is 6.30. The molecule has 0 heterocycles. The van der Waals surface area contributed by atoms with Gasteiger partial charge in [0, 0.05) is 36.5 Å². The van der Waals surface area contributed by atoms with Gasteiger partial charge in [0.25, 0.3) is 0 Å². The van der Waals surface area contributed by atoms with Crippen molar-refractivity contribution in [1.82, 2.24) is 10.2 Å². The van der Waals surface area contributed by atoms with Crippen LogP contribution >= 0.6 is 23.2 Å². The van der Waals surface area contributed by atoms with E-state index in [1.165, 1.54) is 0 Å². The number of carbonyl (C=O) groups is 2. The van der Waals surface area contributed by atoms with E-state index in [1.54, 1.807) is 48.3 Å². The fourth-order valence-electron chi connectivity index (χ4n) is 3.59. The number of rotatable bonds is 11. The van der Waals surface area contributed by atoms with Crippen LogP contribution in [0.3, 0.4) is 0 Å². The first kappa shape index (κ1) is 25.6. The van der Waals surface area contributed by atoms with Gasteiger partial charge in [-0.3, -0.25) is 9.59 Å². The summed E-state index contributed by atoms with van der Waals surface area (Å²) in [5.74, 6) is 0.380. The zero-order valence-electron chi connectivity index (χ0n) is 19.0. The Balaban J connectivity index is 1.73. The molecule has 0 bridgehead atoms. The molecule has 0 unspecified atom stereocenters. The average Bonchev–Trinajstić information content (AvgIpc) is 2.86. The van der Waals surface area contributed by atoms with Crippen LogP contribution in [0.15, 0.2) is 78.9 Å². The number of hydrogen-bond acceptors (Lipinski definition) is 3. The lowest BCUT2D eigenvalue weighted by atomic mass is 10.0. The Labute approximate surface area is 210 Å². The van der Waals surface area contributed by atoms with Gasteiger partial charge in [0.15, 0.2) is 0 Å². The van der Waals surface area contributed by atoms with Crippen molar-refractivity contribution in [1.29, 1.82) is 0 Å². The maximum atomic E-state index is 13.4. The summed E-state index contributed by atoms with van der Waals surface area (Å²) < 4.78 is 5.72. The SMILES string of the molecule is CNC(=O)[C@H](Cc1ccccc1)N(Cc1ccc(Cl)cc1)C(=O)CCCOc1ccc(Cl)cc1. The number of benzene rings is 3. The summed E-state index contributed by atoms with van der Waals surface area (Å²) in [6, 6.07) is 23.5. The Hall–Kier alpha value is -3.02. The number of nitrogens with zero attached hydrogens (tertiary/aromatic N) is 1. The molecule has 0 aliphatic heterocycles. The topological polar surface area (TPSA) is 58.6 Å². The molecule has 2 amide bonds. The van der Waals surface area contributed by atoms with Gasteiger partial charge in [-0.15, -0.1) is 0 Å². The molecular formula is C27H28Cl2N2O3. The summed E-state index contributed by atoms with van der Waals surface area (Å²) in [5.41, 5.74) is 1.88. The Bertz CT molecular complexity index is 1060. The van der Waals surface area contributed by atoms with E-state index in [-0.39, 0.29) is 18.2 Å². The maximum absolute atomic E-state index is 13.4. The zero-order chi connectivity index (χ0) is 24.3. The lowest BCUT2D eigenvalue weighted by molar-refractivity contribution is -0.141. The van der Waals surface area contributed by atoms with Crippen LogP contribution in [0.25, 0.3) is 0 Å². The number of nitrogens with one attached hydrogen (secondary N) is 1. The molecule has 0 fully saturated rings. The Kier molecular flexibility index (Phi) is 9.80. The first-order valence-corrected chi connectivity index (χ1v) is 11.9. The monoisotopic (exact) mass is 498 g/mol. The van der Waals surface area contributed by atoms with Crippen molar-refractivity contribution in [2.75, 3.05) is 13.7 Å². The molecule has 1 atom stereocenters. The second kappa shape index (κ2) is 13.0. The predicted molar refractivity (Wildman–Crippen MR) is 136 cm³/mol. The highest BCUT2D eigenvalue weighted by Gasteiger charge is 2.29. The lowest BCUT2D eigenvalue weighted by Crippen LogP contribution is -2.49. The van der Waals surface area contributed by atoms with Gasteiger partial charge in [-0.25, -0.2) is 0 Å². The largest absolute Gasteiger partial charge is 0.494 e. The molecule has 0 radical (unpaired) electrons. The van der Waals surface area contributed by atoms with Crippen molar-refractivity contribution in [3.05, 3.63) is 100 Å². The van der Waals surface area contributed by atoms with E-state index in [0.717, 1.165) is 11.1 Å². The Morgan fingerprint density at radius 1 is 0.882 bits per heavy atom. The average molecular weight is 499 g/mol. The van der Waals surface area contributed by atoms with E-state index in [1.807, 2.05) is 42.5 Å². The molecule has 1 N–H and O–H groups in total. The second-order valence-corrected chi connectivity index (χ2v) is 8.75. The minimum atomic E-state index is -0.646. The number of amides is 2. The minimum Gasteiger partial charge on any atom is -0.494 e. The molecule has 0 aliphatic carbocycles. The van der Waals surface area contributed by atoms with Gasteiger partial charge in [-0.05, 0) is 53.9 Å². The van der Waals surface area contributed by atoms with E-state index in [4.69, 9.17) is 27.9 Å². The number of hydrogen-bond donors (Lipinski definition) is 1. The van der Waals surface area contributed by atoms with Gasteiger partial charge in [0.2, 0.25) is 11.8 Å². The molecule has 3 aromatic rings. The molecule has 0 aromatic heterocycles. The fraction of sp³-hybridized carbons (Fsp3) is 0.259. The summed E-state index contributed by atoms with van der Waals surface area (Å²) in [4.78, 5) is 27.9. The van der Waals surface area contributed by atoms with Crippen LogP contribution in [0.1, 0.15) is 24.0 Å². The van der Waals surface area contributed by atoms with Crippen molar-refractivity contribution in [2.45, 2.75) is 31.8 Å². The van der Waals surface area contributed by atoms with Crippen LogP contribution < -0.4 is 10.1 Å². The molecule has 3 rings (SSSR count). The maximum Gasteiger partial charge on any atom is 0.242 e. The van der Waals surface area contributed by atoms with Crippen LogP contribution in [-0.2, 0) is 22.6 Å². The molecule has 7 heteroatoms. The molecule has 0 saturated heterocycles. The summed E-state index contributed by atoms with van der Waals surface area (Å²) >= 11 is 11.9. The van der Waals surface area contributed by atoms with Crippen molar-refractivity contribution in [3.8, 4) is 5.75 Å². The zero-order valence-corrected chi connectivity index (χ0v) is 20.6. The van der Waals surface area contributed by atoms with Crippen LogP contribution in [0, 0.1) is 0 Å². The smallest absolute Gasteiger partial charge is 0.242 e. The van der Waals surface area contributed by atoms with Crippen molar-refractivity contribution in [3.63, 3.8) is 0 Å². The van der Waals surface area contributed by atoms with Crippen LogP contribution in [0.2, 0.25) is 10.0 Å². The molecule has 0 aliphatic rings. The molecule has 0 spiro atoms. The quantitative estimate of drug-likeness (QED) is 0.353. The Morgan fingerprint density at radius 3 is 2.12 bits per heavy atom. The normalized spacial score (nSPS) is 11.5. The summed E-state index contributed by atoms with van der Waals surface area (Å²) in [7, 11) is 1.59. The third-order valence-corrected chi connectivity index (χ3v) is 5.90. The predicted octanol–water partition coefficient (Wildman–Crippen LogP) is 5.54. The first-order valence-electron chi connectivity index (χ1n) is 11.1. The number of likely N-dealkylation sites (N-methyl/N-ethyl adjacent to an activating group) is 1. The van der Waals surface area contributed by atoms with Gasteiger partial charge in [-0.2, -0.15) is 0 Å². The highest BCUT2D eigenvalue weighted by Crippen LogP contribution is 2.19. The minimum absolute atomic E-state index is 0.112. The first-order chi connectivity index (χ1) is 16.5. The van der Waals surface area contributed by atoms with Crippen LogP contribution in [-0.4, -0.2) is 36.4 Å². The van der Waals surface area contributed by atoms with Crippen molar-refractivity contribution < 1.29 is 14.3 Å². The number of halogens is 2.